The summed E-state index contributed by atoms with van der Waals surface area (Å²) < 4.78 is 30.1. The van der Waals surface area contributed by atoms with Crippen molar-refractivity contribution in [3.63, 3.8) is 0 Å². The molecule has 20 heavy (non-hydrogen) atoms. The van der Waals surface area contributed by atoms with E-state index in [1.165, 1.54) is 18.4 Å². The molecule has 106 valence electrons. The lowest BCUT2D eigenvalue weighted by Gasteiger charge is -2.11. The molecule has 2 aromatic rings. The van der Waals surface area contributed by atoms with Crippen LogP contribution in [0.3, 0.4) is 0 Å². The van der Waals surface area contributed by atoms with Crippen LogP contribution in [0.4, 0.5) is 0 Å². The number of nitrogens with zero attached hydrogens (tertiary/aromatic N) is 2. The summed E-state index contributed by atoms with van der Waals surface area (Å²) in [5, 5.41) is 0. The zero-order valence-corrected chi connectivity index (χ0v) is 12.4. The van der Waals surface area contributed by atoms with E-state index in [0.29, 0.717) is 5.88 Å². The maximum atomic E-state index is 12.0. The molecule has 2 rings (SSSR count). The highest BCUT2D eigenvalue weighted by Gasteiger charge is 2.16. The minimum absolute atomic E-state index is 0.271. The van der Waals surface area contributed by atoms with Gasteiger partial charge in [0.15, 0.2) is 0 Å². The number of pyridine rings is 1. The maximum absolute atomic E-state index is 12.0. The highest BCUT2D eigenvalue weighted by molar-refractivity contribution is 7.89. The van der Waals surface area contributed by atoms with Gasteiger partial charge in [-0.3, -0.25) is 0 Å². The van der Waals surface area contributed by atoms with Gasteiger partial charge in [0.05, 0.1) is 12.0 Å². The molecule has 0 atom stereocenters. The van der Waals surface area contributed by atoms with Gasteiger partial charge in [-0.05, 0) is 23.8 Å². The first-order valence-electron chi connectivity index (χ1n) is 5.98. The second kappa shape index (κ2) is 5.60. The molecule has 0 N–H and O–H groups in total. The number of sulfonamides is 1. The van der Waals surface area contributed by atoms with Crippen LogP contribution in [0.2, 0.25) is 0 Å². The molecule has 0 amide bonds. The van der Waals surface area contributed by atoms with Crippen molar-refractivity contribution in [2.45, 2.75) is 4.90 Å². The average Bonchev–Trinajstić information content (AvgIpc) is 2.47. The maximum Gasteiger partial charge on any atom is 0.242 e. The quantitative estimate of drug-likeness (QED) is 0.865. The van der Waals surface area contributed by atoms with Gasteiger partial charge in [-0.25, -0.2) is 17.7 Å². The molecule has 0 saturated heterocycles. The van der Waals surface area contributed by atoms with Crippen LogP contribution in [-0.4, -0.2) is 38.9 Å². The Morgan fingerprint density at radius 1 is 1.00 bits per heavy atom. The van der Waals surface area contributed by atoms with E-state index in [0.717, 1.165) is 11.1 Å². The molecular weight excluding hydrogens is 276 g/mol. The minimum atomic E-state index is -3.39. The van der Waals surface area contributed by atoms with Crippen LogP contribution < -0.4 is 4.74 Å². The topological polar surface area (TPSA) is 59.5 Å². The molecule has 0 spiro atoms. The molecule has 0 aliphatic carbocycles. The van der Waals surface area contributed by atoms with Gasteiger partial charge in [-0.15, -0.1) is 0 Å². The summed E-state index contributed by atoms with van der Waals surface area (Å²) in [4.78, 5) is 4.40. The number of benzene rings is 1. The third kappa shape index (κ3) is 2.81. The van der Waals surface area contributed by atoms with E-state index in [1.54, 1.807) is 43.6 Å². The second-order valence-electron chi connectivity index (χ2n) is 4.40. The van der Waals surface area contributed by atoms with Crippen LogP contribution >= 0.6 is 0 Å². The Bertz CT molecular complexity index is 677. The number of methoxy groups -OCH3 is 1. The fourth-order valence-electron chi connectivity index (χ4n) is 1.70. The van der Waals surface area contributed by atoms with E-state index < -0.39 is 10.0 Å². The lowest BCUT2D eigenvalue weighted by molar-refractivity contribution is 0.398. The fraction of sp³-hybridized carbons (Fsp3) is 0.214. The first-order valence-corrected chi connectivity index (χ1v) is 7.42. The fourth-order valence-corrected chi connectivity index (χ4v) is 2.60. The molecule has 0 unspecified atom stereocenters. The van der Waals surface area contributed by atoms with E-state index >= 15 is 0 Å². The number of hydrogen-bond acceptors (Lipinski definition) is 4. The van der Waals surface area contributed by atoms with Gasteiger partial charge < -0.3 is 4.74 Å². The standard InChI is InChI=1S/C14H16N2O3S/c1-16(2)20(17,18)13-7-4-11(5-8-13)12-6-9-14(19-3)15-10-12/h4-10H,1-3H3. The zero-order chi connectivity index (χ0) is 14.8. The van der Waals surface area contributed by atoms with Gasteiger partial charge in [0, 0.05) is 31.9 Å². The number of ether oxygens (including phenoxy) is 1. The Labute approximate surface area is 118 Å². The van der Waals surface area contributed by atoms with E-state index in [1.807, 2.05) is 6.07 Å². The highest BCUT2D eigenvalue weighted by Crippen LogP contribution is 2.22. The van der Waals surface area contributed by atoms with Crippen molar-refractivity contribution >= 4 is 10.0 Å². The van der Waals surface area contributed by atoms with E-state index in [2.05, 4.69) is 4.98 Å². The van der Waals surface area contributed by atoms with Crippen molar-refractivity contribution in [1.82, 2.24) is 9.29 Å². The third-order valence-electron chi connectivity index (χ3n) is 2.91. The van der Waals surface area contributed by atoms with Gasteiger partial charge in [-0.1, -0.05) is 12.1 Å². The zero-order valence-electron chi connectivity index (χ0n) is 11.6. The monoisotopic (exact) mass is 292 g/mol. The summed E-state index contributed by atoms with van der Waals surface area (Å²) >= 11 is 0. The molecule has 5 nitrogen and oxygen atoms in total. The number of rotatable bonds is 4. The Hall–Kier alpha value is -1.92. The van der Waals surface area contributed by atoms with Crippen LogP contribution in [0.5, 0.6) is 5.88 Å². The predicted octanol–water partition coefficient (Wildman–Crippen LogP) is 2.01. The molecular formula is C14H16N2O3S. The van der Waals surface area contributed by atoms with Crippen LogP contribution in [0.1, 0.15) is 0 Å². The molecule has 0 aliphatic heterocycles. The smallest absolute Gasteiger partial charge is 0.242 e. The van der Waals surface area contributed by atoms with Crippen LogP contribution in [0.15, 0.2) is 47.5 Å². The summed E-state index contributed by atoms with van der Waals surface area (Å²) in [5.74, 6) is 0.542. The van der Waals surface area contributed by atoms with E-state index in [-0.39, 0.29) is 4.90 Å². The minimum Gasteiger partial charge on any atom is -0.481 e. The molecule has 0 fully saturated rings. The van der Waals surface area contributed by atoms with Gasteiger partial charge >= 0.3 is 0 Å². The largest absolute Gasteiger partial charge is 0.481 e. The molecule has 1 aromatic heterocycles. The first kappa shape index (κ1) is 14.5. The SMILES string of the molecule is COc1ccc(-c2ccc(S(=O)(=O)N(C)C)cc2)cn1. The summed E-state index contributed by atoms with van der Waals surface area (Å²) in [6.45, 7) is 0. The summed E-state index contributed by atoms with van der Waals surface area (Å²) in [6.07, 6.45) is 1.69. The van der Waals surface area contributed by atoms with Crippen LogP contribution in [0, 0.1) is 0 Å². The summed E-state index contributed by atoms with van der Waals surface area (Å²) in [5.41, 5.74) is 1.80. The first-order chi connectivity index (χ1) is 9.45. The molecule has 0 bridgehead atoms. The Morgan fingerprint density at radius 3 is 2.05 bits per heavy atom. The van der Waals surface area contributed by atoms with Crippen molar-refractivity contribution in [2.75, 3.05) is 21.2 Å². The third-order valence-corrected chi connectivity index (χ3v) is 4.74. The Balaban J connectivity index is 2.32. The number of aromatic nitrogens is 1. The van der Waals surface area contributed by atoms with Gasteiger partial charge in [0.2, 0.25) is 15.9 Å². The highest BCUT2D eigenvalue weighted by atomic mass is 32.2. The molecule has 1 heterocycles. The predicted molar refractivity (Wildman–Crippen MR) is 77.1 cm³/mol. The Kier molecular flexibility index (Phi) is 4.06. The van der Waals surface area contributed by atoms with Gasteiger partial charge in [0.25, 0.3) is 0 Å². The normalized spacial score (nSPS) is 11.6. The number of hydrogen-bond donors (Lipinski definition) is 0. The second-order valence-corrected chi connectivity index (χ2v) is 6.55. The van der Waals surface area contributed by atoms with Crippen molar-refractivity contribution in [1.29, 1.82) is 0 Å². The van der Waals surface area contributed by atoms with Crippen LogP contribution in [-0.2, 0) is 10.0 Å². The lowest BCUT2D eigenvalue weighted by Crippen LogP contribution is -2.22. The summed E-state index contributed by atoms with van der Waals surface area (Å²) in [7, 11) is 1.19. The van der Waals surface area contributed by atoms with Crippen molar-refractivity contribution in [2.24, 2.45) is 0 Å². The van der Waals surface area contributed by atoms with E-state index in [9.17, 15) is 8.42 Å². The van der Waals surface area contributed by atoms with Crippen LogP contribution in [0.25, 0.3) is 11.1 Å². The molecule has 1 aromatic carbocycles. The summed E-state index contributed by atoms with van der Waals surface area (Å²) in [6, 6.07) is 10.4. The molecule has 0 saturated carbocycles. The van der Waals surface area contributed by atoms with Gasteiger partial charge in [-0.2, -0.15) is 0 Å². The van der Waals surface area contributed by atoms with E-state index in [4.69, 9.17) is 4.74 Å². The average molecular weight is 292 g/mol. The molecule has 6 heteroatoms. The Morgan fingerprint density at radius 2 is 1.60 bits per heavy atom. The van der Waals surface area contributed by atoms with Crippen molar-refractivity contribution in [3.8, 4) is 17.0 Å². The van der Waals surface area contributed by atoms with Crippen molar-refractivity contribution in [3.05, 3.63) is 42.6 Å². The lowest BCUT2D eigenvalue weighted by atomic mass is 10.1. The van der Waals surface area contributed by atoms with Crippen molar-refractivity contribution < 1.29 is 13.2 Å². The molecule has 0 radical (unpaired) electrons. The van der Waals surface area contributed by atoms with Gasteiger partial charge in [0.1, 0.15) is 0 Å². The molecule has 0 aliphatic rings.